The van der Waals surface area contributed by atoms with Crippen LogP contribution in [0.2, 0.25) is 0 Å². The Hall–Kier alpha value is -5.79. The van der Waals surface area contributed by atoms with Gasteiger partial charge in [-0.3, -0.25) is 0 Å². The first-order valence-electron chi connectivity index (χ1n) is 12.5. The van der Waals surface area contributed by atoms with Gasteiger partial charge in [-0.2, -0.15) is 33.4 Å². The minimum atomic E-state index is -5.34. The molecule has 3 aromatic carbocycles. The van der Waals surface area contributed by atoms with Crippen molar-refractivity contribution in [1.82, 2.24) is 0 Å². The van der Waals surface area contributed by atoms with Crippen LogP contribution in [0.3, 0.4) is 0 Å². The van der Waals surface area contributed by atoms with E-state index < -0.39 is 104 Å². The van der Waals surface area contributed by atoms with Gasteiger partial charge in [0.15, 0.2) is 34.9 Å². The van der Waals surface area contributed by atoms with E-state index >= 15 is 0 Å². The first kappa shape index (κ1) is 30.7. The van der Waals surface area contributed by atoms with Crippen molar-refractivity contribution in [1.29, 1.82) is 10.5 Å². The van der Waals surface area contributed by atoms with Gasteiger partial charge >= 0.3 is 12.0 Å². The minimum Gasteiger partial charge on any atom is -0.204 e. The maximum Gasteiger partial charge on any atom is 0.523 e. The number of halogens is 9. The molecular formula is C32H11F9N4. The fourth-order valence-corrected chi connectivity index (χ4v) is 5.90. The molecule has 3 aromatic rings. The second kappa shape index (κ2) is 10.7. The third-order valence-corrected chi connectivity index (χ3v) is 7.63. The minimum absolute atomic E-state index is 0.0219. The van der Waals surface area contributed by atoms with Gasteiger partial charge in [-0.05, 0) is 92.6 Å². The topological polar surface area (TPSA) is 56.3 Å². The third-order valence-electron chi connectivity index (χ3n) is 7.63. The van der Waals surface area contributed by atoms with E-state index in [0.717, 1.165) is 0 Å². The van der Waals surface area contributed by atoms with E-state index in [4.69, 9.17) is 13.1 Å². The van der Waals surface area contributed by atoms with E-state index in [1.807, 2.05) is 0 Å². The standard InChI is InChI=1S/C32H11F9N4/c1-12-16(31(44-2)45-3)8-18-24(12)25(13-4-20(33)29(37)21(34)5-13)19-9-17(15(10-42)11-43)28(32(39,40)41)27(19)26(18)14-6-22(35)30(38)23(36)7-14/h4-7H,8-9H2,1H3. The van der Waals surface area contributed by atoms with Crippen molar-refractivity contribution in [3.63, 3.8) is 0 Å². The number of rotatable bonds is 2. The van der Waals surface area contributed by atoms with Crippen LogP contribution < -0.4 is 10.4 Å². The number of benzene rings is 3. The average molecular weight is 622 g/mol. The maximum atomic E-state index is 14.9. The predicted molar refractivity (Wildman–Crippen MR) is 141 cm³/mol. The largest absolute Gasteiger partial charge is 0.523 e. The third kappa shape index (κ3) is 4.61. The Balaban J connectivity index is 2.20. The van der Waals surface area contributed by atoms with Gasteiger partial charge in [0, 0.05) is 6.42 Å². The lowest BCUT2D eigenvalue weighted by molar-refractivity contribution is -0.0695. The molecule has 13 heteroatoms. The van der Waals surface area contributed by atoms with Gasteiger partial charge in [-0.15, -0.1) is 0 Å². The molecule has 0 spiro atoms. The highest BCUT2D eigenvalue weighted by atomic mass is 19.4. The molecule has 0 aromatic heterocycles. The Morgan fingerprint density at radius 1 is 0.711 bits per heavy atom. The number of hydrogen-bond acceptors (Lipinski definition) is 2. The van der Waals surface area contributed by atoms with Crippen LogP contribution in [-0.4, -0.2) is 6.18 Å². The highest BCUT2D eigenvalue weighted by Crippen LogP contribution is 2.44. The molecule has 2 aliphatic rings. The van der Waals surface area contributed by atoms with Crippen LogP contribution >= 0.6 is 0 Å². The molecule has 0 saturated heterocycles. The van der Waals surface area contributed by atoms with Gasteiger partial charge in [-0.1, -0.05) is 0 Å². The fraction of sp³-hybridized carbons (Fsp3) is 0.125. The van der Waals surface area contributed by atoms with Crippen LogP contribution in [0.25, 0.3) is 43.1 Å². The van der Waals surface area contributed by atoms with Crippen molar-refractivity contribution in [2.45, 2.75) is 25.9 Å². The normalized spacial score (nSPS) is 13.6. The molecule has 4 nitrogen and oxygen atoms in total. The molecule has 0 aliphatic heterocycles. The first-order valence-corrected chi connectivity index (χ1v) is 12.5. The van der Waals surface area contributed by atoms with Crippen molar-refractivity contribution < 1.29 is 39.5 Å². The Labute approximate surface area is 247 Å². The van der Waals surface area contributed by atoms with Crippen molar-refractivity contribution in [2.75, 3.05) is 0 Å². The molecule has 0 N–H and O–H groups in total. The Bertz CT molecular complexity index is 2190. The second-order valence-corrected chi connectivity index (χ2v) is 9.92. The van der Waals surface area contributed by atoms with Crippen LogP contribution in [0.4, 0.5) is 39.5 Å². The smallest absolute Gasteiger partial charge is 0.204 e. The molecule has 0 amide bonds. The quantitative estimate of drug-likeness (QED) is 0.131. The molecule has 2 aliphatic carbocycles. The number of allylic oxidation sites excluding steroid dienone is 3. The lowest BCUT2D eigenvalue weighted by Gasteiger charge is -2.18. The maximum absolute atomic E-state index is 14.9. The van der Waals surface area contributed by atoms with Crippen LogP contribution in [0, 0.1) is 70.7 Å². The van der Waals surface area contributed by atoms with Crippen LogP contribution in [0.5, 0.6) is 0 Å². The Morgan fingerprint density at radius 2 is 1.11 bits per heavy atom. The van der Waals surface area contributed by atoms with Crippen LogP contribution in [-0.2, 0) is 12.8 Å². The fourth-order valence-electron chi connectivity index (χ4n) is 5.90. The van der Waals surface area contributed by atoms with Crippen molar-refractivity contribution in [3.05, 3.63) is 126 Å². The van der Waals surface area contributed by atoms with E-state index in [9.17, 15) is 50.0 Å². The Morgan fingerprint density at radius 3 is 1.51 bits per heavy atom. The van der Waals surface area contributed by atoms with E-state index in [1.165, 1.54) is 19.1 Å². The predicted octanol–water partition coefficient (Wildman–Crippen LogP) is 7.24. The molecule has 45 heavy (non-hydrogen) atoms. The summed E-state index contributed by atoms with van der Waals surface area (Å²) in [5.74, 6) is -11.3. The molecule has 0 unspecified atom stereocenters. The van der Waals surface area contributed by atoms with Crippen molar-refractivity contribution in [3.8, 4) is 34.4 Å². The zero-order chi connectivity index (χ0) is 33.1. The summed E-state index contributed by atoms with van der Waals surface area (Å²) in [5.41, 5.74) is -5.89. The molecule has 0 bridgehead atoms. The number of alkyl halides is 3. The summed E-state index contributed by atoms with van der Waals surface area (Å²) < 4.78 is 131. The zero-order valence-corrected chi connectivity index (χ0v) is 22.4. The van der Waals surface area contributed by atoms with Crippen molar-refractivity contribution >= 4 is 11.1 Å². The SMILES string of the molecule is [C-]#[N+]C([N+]#[C-])=C1Cc2c(-c3cc(F)c(F)c(F)c3)c3c(c(-c4cc(F)c(F)c(F)c4)c2=C1C)CC(=C(C#N)C#N)C=3C(F)(F)F. The van der Waals surface area contributed by atoms with Crippen molar-refractivity contribution in [2.24, 2.45) is 0 Å². The monoisotopic (exact) mass is 622 g/mol. The van der Waals surface area contributed by atoms with Crippen LogP contribution in [0.15, 0.2) is 46.8 Å². The van der Waals surface area contributed by atoms with E-state index in [-0.39, 0.29) is 27.5 Å². The van der Waals surface area contributed by atoms with E-state index in [1.54, 1.807) is 0 Å². The summed E-state index contributed by atoms with van der Waals surface area (Å²) in [7, 11) is 0. The van der Waals surface area contributed by atoms with Crippen LogP contribution in [0.1, 0.15) is 18.1 Å². The highest BCUT2D eigenvalue weighted by molar-refractivity contribution is 5.93. The van der Waals surface area contributed by atoms with Gasteiger partial charge in [0.2, 0.25) is 0 Å². The van der Waals surface area contributed by atoms with E-state index in [2.05, 4.69) is 9.69 Å². The number of hydrogen-bond donors (Lipinski definition) is 0. The summed E-state index contributed by atoms with van der Waals surface area (Å²) in [6, 6.07) is 4.64. The molecule has 222 valence electrons. The molecule has 0 radical (unpaired) electrons. The second-order valence-electron chi connectivity index (χ2n) is 9.92. The summed E-state index contributed by atoms with van der Waals surface area (Å²) >= 11 is 0. The van der Waals surface area contributed by atoms with Gasteiger partial charge in [0.1, 0.15) is 30.9 Å². The average Bonchev–Trinajstić information content (AvgIpc) is 3.53. The summed E-state index contributed by atoms with van der Waals surface area (Å²) in [6.45, 7) is 16.2. The Kier molecular flexibility index (Phi) is 7.31. The molecule has 0 saturated carbocycles. The lowest BCUT2D eigenvalue weighted by atomic mass is 9.86. The van der Waals surface area contributed by atoms with Gasteiger partial charge in [0.05, 0.1) is 11.1 Å². The lowest BCUT2D eigenvalue weighted by Crippen LogP contribution is -2.27. The summed E-state index contributed by atoms with van der Waals surface area (Å²) in [4.78, 5) is 6.30. The summed E-state index contributed by atoms with van der Waals surface area (Å²) in [6.07, 6.45) is -6.69. The van der Waals surface area contributed by atoms with E-state index in [0.29, 0.717) is 24.3 Å². The molecule has 0 fully saturated rings. The highest BCUT2D eigenvalue weighted by Gasteiger charge is 2.44. The molecule has 5 rings (SSSR count). The first-order chi connectivity index (χ1) is 21.2. The number of nitrogens with zero attached hydrogens (tertiary/aromatic N) is 4. The van der Waals surface area contributed by atoms with Gasteiger partial charge < -0.3 is 0 Å². The zero-order valence-electron chi connectivity index (χ0n) is 22.4. The van der Waals surface area contributed by atoms with Gasteiger partial charge in [0.25, 0.3) is 0 Å². The molecule has 0 heterocycles. The number of fused-ring (bicyclic) bond motifs is 2. The number of nitriles is 2. The molecular weight excluding hydrogens is 611 g/mol. The summed E-state index contributed by atoms with van der Waals surface area (Å²) in [5, 5.41) is 18.1. The molecule has 0 atom stereocenters. The van der Waals surface area contributed by atoms with Gasteiger partial charge in [-0.25, -0.2) is 26.3 Å².